The van der Waals surface area contributed by atoms with Crippen molar-refractivity contribution in [1.82, 2.24) is 5.32 Å². The first kappa shape index (κ1) is 18.6. The molecule has 2 rings (SSSR count). The number of hydrogen-bond donors (Lipinski definition) is 2. The molecule has 0 radical (unpaired) electrons. The van der Waals surface area contributed by atoms with Crippen LogP contribution in [0.4, 0.5) is 4.39 Å². The van der Waals surface area contributed by atoms with Gasteiger partial charge in [-0.2, -0.15) is 0 Å². The van der Waals surface area contributed by atoms with E-state index in [4.69, 9.17) is 5.73 Å². The van der Waals surface area contributed by atoms with Gasteiger partial charge in [-0.25, -0.2) is 4.39 Å². The summed E-state index contributed by atoms with van der Waals surface area (Å²) < 4.78 is 13.7. The van der Waals surface area contributed by atoms with Gasteiger partial charge < -0.3 is 11.1 Å². The molecule has 3 atom stereocenters. The van der Waals surface area contributed by atoms with E-state index in [1.54, 1.807) is 12.1 Å². The van der Waals surface area contributed by atoms with Crippen molar-refractivity contribution in [2.45, 2.75) is 32.4 Å². The van der Waals surface area contributed by atoms with E-state index in [1.165, 1.54) is 6.07 Å². The predicted molar refractivity (Wildman–Crippen MR) is 97.9 cm³/mol. The maximum Gasteiger partial charge on any atom is 0.224 e. The van der Waals surface area contributed by atoms with Crippen molar-refractivity contribution in [2.24, 2.45) is 11.7 Å². The van der Waals surface area contributed by atoms with E-state index >= 15 is 0 Å². The molecule has 3 nitrogen and oxygen atoms in total. The smallest absolute Gasteiger partial charge is 0.224 e. The van der Waals surface area contributed by atoms with Crippen LogP contribution in [0.5, 0.6) is 0 Å². The van der Waals surface area contributed by atoms with E-state index in [1.807, 2.05) is 44.2 Å². The summed E-state index contributed by atoms with van der Waals surface area (Å²) in [7, 11) is 0. The van der Waals surface area contributed by atoms with Crippen molar-refractivity contribution in [1.29, 1.82) is 0 Å². The van der Waals surface area contributed by atoms with Crippen molar-refractivity contribution >= 4 is 21.8 Å². The Kier molecular flexibility index (Phi) is 6.52. The Labute approximate surface area is 150 Å². The molecule has 0 spiro atoms. The van der Waals surface area contributed by atoms with Gasteiger partial charge in [0.25, 0.3) is 0 Å². The number of nitrogens with two attached hydrogens (primary N) is 1. The van der Waals surface area contributed by atoms with Gasteiger partial charge in [0.2, 0.25) is 5.91 Å². The lowest BCUT2D eigenvalue weighted by Crippen LogP contribution is -2.41. The molecule has 0 fully saturated rings. The molecule has 1 amide bonds. The third-order valence-corrected chi connectivity index (χ3v) is 4.66. The van der Waals surface area contributed by atoms with E-state index in [2.05, 4.69) is 21.2 Å². The van der Waals surface area contributed by atoms with Crippen LogP contribution in [-0.4, -0.2) is 11.9 Å². The molecule has 0 saturated carbocycles. The fourth-order valence-electron chi connectivity index (χ4n) is 2.57. The second-order valence-electron chi connectivity index (χ2n) is 6.09. The molecular weight excluding hydrogens is 371 g/mol. The highest BCUT2D eigenvalue weighted by Gasteiger charge is 2.23. The summed E-state index contributed by atoms with van der Waals surface area (Å²) in [5.41, 5.74) is 8.09. The molecule has 2 aromatic carbocycles. The summed E-state index contributed by atoms with van der Waals surface area (Å²) in [4.78, 5) is 12.4. The van der Waals surface area contributed by atoms with Crippen LogP contribution in [0.1, 0.15) is 31.0 Å². The standard InChI is InChI=1S/C19H22BrFN2O/c1-12(10-14-8-9-17(21)16(20)11-14)23-19(24)13(2)18(22)15-6-4-3-5-7-15/h3-9,11-13,18H,10,22H2,1-2H3,(H,23,24). The van der Waals surface area contributed by atoms with Gasteiger partial charge in [-0.05, 0) is 52.5 Å². The molecule has 24 heavy (non-hydrogen) atoms. The Balaban J connectivity index is 1.94. The van der Waals surface area contributed by atoms with Crippen molar-refractivity contribution in [3.63, 3.8) is 0 Å². The van der Waals surface area contributed by atoms with Gasteiger partial charge in [-0.1, -0.05) is 43.3 Å². The number of amides is 1. The van der Waals surface area contributed by atoms with Crippen LogP contribution in [0.3, 0.4) is 0 Å². The third-order valence-electron chi connectivity index (χ3n) is 4.05. The van der Waals surface area contributed by atoms with Gasteiger partial charge in [0, 0.05) is 12.1 Å². The molecule has 0 aliphatic carbocycles. The van der Waals surface area contributed by atoms with Gasteiger partial charge in [0.15, 0.2) is 0 Å². The van der Waals surface area contributed by atoms with Gasteiger partial charge in [0.1, 0.15) is 5.82 Å². The highest BCUT2D eigenvalue weighted by molar-refractivity contribution is 9.10. The van der Waals surface area contributed by atoms with Crippen molar-refractivity contribution in [2.75, 3.05) is 0 Å². The van der Waals surface area contributed by atoms with Crippen LogP contribution < -0.4 is 11.1 Å². The Hall–Kier alpha value is -1.72. The van der Waals surface area contributed by atoms with Gasteiger partial charge in [-0.3, -0.25) is 4.79 Å². The van der Waals surface area contributed by atoms with Crippen molar-refractivity contribution in [3.8, 4) is 0 Å². The quantitative estimate of drug-likeness (QED) is 0.780. The van der Waals surface area contributed by atoms with Crippen LogP contribution in [0.25, 0.3) is 0 Å². The summed E-state index contributed by atoms with van der Waals surface area (Å²) in [6.45, 7) is 3.75. The van der Waals surface area contributed by atoms with E-state index in [0.717, 1.165) is 11.1 Å². The average Bonchev–Trinajstić information content (AvgIpc) is 2.57. The number of benzene rings is 2. The molecule has 0 aliphatic heterocycles. The van der Waals surface area contributed by atoms with Gasteiger partial charge in [-0.15, -0.1) is 0 Å². The van der Waals surface area contributed by atoms with Crippen LogP contribution in [0.2, 0.25) is 0 Å². The molecule has 3 unspecified atom stereocenters. The topological polar surface area (TPSA) is 55.1 Å². The Morgan fingerprint density at radius 2 is 1.88 bits per heavy atom. The molecule has 5 heteroatoms. The number of rotatable bonds is 6. The Morgan fingerprint density at radius 1 is 1.21 bits per heavy atom. The number of carbonyl (C=O) groups excluding carboxylic acids is 1. The molecule has 0 aromatic heterocycles. The van der Waals surface area contributed by atoms with Crippen LogP contribution in [0.15, 0.2) is 53.0 Å². The first-order valence-electron chi connectivity index (χ1n) is 7.93. The van der Waals surface area contributed by atoms with Crippen LogP contribution in [0, 0.1) is 11.7 Å². The van der Waals surface area contributed by atoms with E-state index in [9.17, 15) is 9.18 Å². The summed E-state index contributed by atoms with van der Waals surface area (Å²) in [6, 6.07) is 14.1. The number of carbonyl (C=O) groups is 1. The SMILES string of the molecule is CC(Cc1ccc(F)c(Br)c1)NC(=O)C(C)C(N)c1ccccc1. The molecular formula is C19H22BrFN2O. The summed E-state index contributed by atoms with van der Waals surface area (Å²) in [5, 5.41) is 2.98. The molecule has 0 aliphatic rings. The maximum atomic E-state index is 13.3. The van der Waals surface area contributed by atoms with Crippen LogP contribution >= 0.6 is 15.9 Å². The summed E-state index contributed by atoms with van der Waals surface area (Å²) >= 11 is 3.18. The Morgan fingerprint density at radius 3 is 2.50 bits per heavy atom. The first-order valence-corrected chi connectivity index (χ1v) is 8.72. The Bertz CT molecular complexity index is 693. The minimum atomic E-state index is -0.349. The number of halogens is 2. The average molecular weight is 393 g/mol. The molecule has 3 N–H and O–H groups in total. The number of nitrogens with one attached hydrogen (secondary N) is 1. The summed E-state index contributed by atoms with van der Waals surface area (Å²) in [5.74, 6) is -0.715. The van der Waals surface area contributed by atoms with Crippen molar-refractivity contribution in [3.05, 3.63) is 69.9 Å². The maximum absolute atomic E-state index is 13.3. The van der Waals surface area contributed by atoms with E-state index in [0.29, 0.717) is 10.9 Å². The zero-order valence-corrected chi connectivity index (χ0v) is 15.4. The van der Waals surface area contributed by atoms with E-state index < -0.39 is 0 Å². The first-order chi connectivity index (χ1) is 11.4. The number of hydrogen-bond acceptors (Lipinski definition) is 2. The second-order valence-corrected chi connectivity index (χ2v) is 6.94. The van der Waals surface area contributed by atoms with Gasteiger partial charge in [0.05, 0.1) is 10.4 Å². The monoisotopic (exact) mass is 392 g/mol. The fraction of sp³-hybridized carbons (Fsp3) is 0.316. The molecule has 2 aromatic rings. The summed E-state index contributed by atoms with van der Waals surface area (Å²) in [6.07, 6.45) is 0.623. The van der Waals surface area contributed by atoms with Gasteiger partial charge >= 0.3 is 0 Å². The highest BCUT2D eigenvalue weighted by atomic mass is 79.9. The third kappa shape index (κ3) is 4.89. The zero-order valence-electron chi connectivity index (χ0n) is 13.8. The van der Waals surface area contributed by atoms with Crippen LogP contribution in [-0.2, 0) is 11.2 Å². The fourth-order valence-corrected chi connectivity index (χ4v) is 3.00. The zero-order chi connectivity index (χ0) is 17.7. The lowest BCUT2D eigenvalue weighted by Gasteiger charge is -2.22. The molecule has 0 saturated heterocycles. The second kappa shape index (κ2) is 8.40. The van der Waals surface area contributed by atoms with Crippen molar-refractivity contribution < 1.29 is 9.18 Å². The predicted octanol–water partition coefficient (Wildman–Crippen LogP) is 3.97. The lowest BCUT2D eigenvalue weighted by atomic mass is 9.94. The van der Waals surface area contributed by atoms with E-state index in [-0.39, 0.29) is 29.7 Å². The molecule has 0 bridgehead atoms. The largest absolute Gasteiger partial charge is 0.353 e. The highest BCUT2D eigenvalue weighted by Crippen LogP contribution is 2.20. The molecule has 128 valence electrons. The minimum Gasteiger partial charge on any atom is -0.353 e. The minimum absolute atomic E-state index is 0.0692. The normalized spacial score (nSPS) is 14.7. The lowest BCUT2D eigenvalue weighted by molar-refractivity contribution is -0.125. The molecule has 0 heterocycles.